The van der Waals surface area contributed by atoms with Crippen molar-refractivity contribution in [1.82, 2.24) is 0 Å². The average molecular weight is 525 g/mol. The maximum atomic E-state index is 14.5. The molecule has 0 fully saturated rings. The second kappa shape index (κ2) is 10.7. The predicted octanol–water partition coefficient (Wildman–Crippen LogP) is 8.31. The van der Waals surface area contributed by atoms with Crippen molar-refractivity contribution in [2.75, 3.05) is 6.16 Å². The topological polar surface area (TPSA) is 9.23 Å². The van der Waals surface area contributed by atoms with Gasteiger partial charge >= 0.3 is 223 Å². The molecule has 0 heterocycles. The van der Waals surface area contributed by atoms with E-state index in [2.05, 4.69) is 42.5 Å². The van der Waals surface area contributed by atoms with Crippen molar-refractivity contribution in [3.63, 3.8) is 0 Å². The van der Waals surface area contributed by atoms with Gasteiger partial charge in [-0.25, -0.2) is 0 Å². The van der Waals surface area contributed by atoms with Crippen molar-refractivity contribution >= 4 is 39.2 Å². The standard InChI is InChI=1S/C33H27ClFOP/c34-37(29-17-7-2-8-18-29,30-19-9-3-10-20-30,31-21-11-4-12-22-31)25-13-14-27-23-24-32(35)33(26-27)36-28-15-5-1-6-16-28/h1-24,26H,25H2. The summed E-state index contributed by atoms with van der Waals surface area (Å²) in [5, 5.41) is 3.30. The van der Waals surface area contributed by atoms with Crippen LogP contribution in [0.25, 0.3) is 6.08 Å². The summed E-state index contributed by atoms with van der Waals surface area (Å²) in [4.78, 5) is 0. The molecule has 0 aliphatic heterocycles. The Morgan fingerprint density at radius 1 is 0.622 bits per heavy atom. The Kier molecular flexibility index (Phi) is 7.24. The third-order valence-electron chi connectivity index (χ3n) is 6.57. The first kappa shape index (κ1) is 25.0. The molecule has 4 heteroatoms. The molecule has 184 valence electrons. The molecule has 0 aliphatic carbocycles. The molecule has 0 radical (unpaired) electrons. The van der Waals surface area contributed by atoms with Gasteiger partial charge in [-0.1, -0.05) is 0 Å². The zero-order valence-corrected chi connectivity index (χ0v) is 21.9. The molecule has 0 amide bonds. The van der Waals surface area contributed by atoms with E-state index in [4.69, 9.17) is 16.0 Å². The van der Waals surface area contributed by atoms with E-state index in [1.165, 1.54) is 6.07 Å². The number of benzene rings is 5. The molecule has 0 aromatic heterocycles. The Labute approximate surface area is 222 Å². The first-order valence-electron chi connectivity index (χ1n) is 12.2. The van der Waals surface area contributed by atoms with Crippen molar-refractivity contribution in [1.29, 1.82) is 0 Å². The van der Waals surface area contributed by atoms with E-state index in [0.717, 1.165) is 21.5 Å². The summed E-state index contributed by atoms with van der Waals surface area (Å²) >= 11 is 8.10. The van der Waals surface area contributed by atoms with Crippen LogP contribution in [0.4, 0.5) is 4.39 Å². The van der Waals surface area contributed by atoms with E-state index in [1.807, 2.05) is 78.9 Å². The molecule has 0 saturated heterocycles. The second-order valence-electron chi connectivity index (χ2n) is 8.88. The quantitative estimate of drug-likeness (QED) is 0.185. The van der Waals surface area contributed by atoms with Crippen LogP contribution >= 0.6 is 17.2 Å². The molecule has 0 saturated carbocycles. The third kappa shape index (κ3) is 4.96. The summed E-state index contributed by atoms with van der Waals surface area (Å²) in [5.74, 6) is -3.03. The van der Waals surface area contributed by atoms with Crippen molar-refractivity contribution < 1.29 is 9.13 Å². The summed E-state index contributed by atoms with van der Waals surface area (Å²) in [6.45, 7) is 0. The van der Waals surface area contributed by atoms with Crippen LogP contribution in [0.5, 0.6) is 11.5 Å². The number of hydrogen-bond acceptors (Lipinski definition) is 1. The van der Waals surface area contributed by atoms with E-state index in [-0.39, 0.29) is 5.75 Å². The Morgan fingerprint density at radius 3 is 1.57 bits per heavy atom. The van der Waals surface area contributed by atoms with Crippen LogP contribution in [0, 0.1) is 5.82 Å². The minimum atomic E-state index is -3.40. The van der Waals surface area contributed by atoms with Gasteiger partial charge in [0.05, 0.1) is 0 Å². The fraction of sp³-hybridized carbons (Fsp3) is 0.0303. The van der Waals surface area contributed by atoms with Gasteiger partial charge in [-0.05, 0) is 0 Å². The van der Waals surface area contributed by atoms with Gasteiger partial charge in [-0.3, -0.25) is 0 Å². The van der Waals surface area contributed by atoms with Crippen LogP contribution in [0.15, 0.2) is 146 Å². The summed E-state index contributed by atoms with van der Waals surface area (Å²) in [7, 11) is 0. The molecule has 5 aromatic rings. The summed E-state index contributed by atoms with van der Waals surface area (Å²) < 4.78 is 20.3. The SMILES string of the molecule is Fc1ccc(C=CCP(Cl)(c2ccccc2)(c2ccccc2)c2ccccc2)cc1Oc1ccccc1. The van der Waals surface area contributed by atoms with Gasteiger partial charge in [-0.2, -0.15) is 0 Å². The molecule has 0 N–H and O–H groups in total. The van der Waals surface area contributed by atoms with Crippen LogP contribution < -0.4 is 20.7 Å². The molecule has 0 bridgehead atoms. The number of para-hydroxylation sites is 1. The minimum absolute atomic E-state index is 0.186. The number of rotatable bonds is 8. The Hall–Kier alpha value is -3.71. The average Bonchev–Trinajstić information content (AvgIpc) is 2.97. The zero-order chi connectivity index (χ0) is 25.6. The fourth-order valence-electron chi connectivity index (χ4n) is 4.68. The van der Waals surface area contributed by atoms with Crippen LogP contribution in [-0.2, 0) is 0 Å². The van der Waals surface area contributed by atoms with Crippen LogP contribution in [0.3, 0.4) is 0 Å². The van der Waals surface area contributed by atoms with E-state index in [0.29, 0.717) is 11.9 Å². The molecule has 5 rings (SSSR count). The summed E-state index contributed by atoms with van der Waals surface area (Å²) in [6, 6.07) is 45.2. The monoisotopic (exact) mass is 524 g/mol. The van der Waals surface area contributed by atoms with Gasteiger partial charge in [0.15, 0.2) is 0 Å². The van der Waals surface area contributed by atoms with E-state index >= 15 is 0 Å². The van der Waals surface area contributed by atoms with Crippen molar-refractivity contribution in [2.24, 2.45) is 0 Å². The Balaban J connectivity index is 1.58. The van der Waals surface area contributed by atoms with Crippen LogP contribution in [0.1, 0.15) is 5.56 Å². The first-order valence-corrected chi connectivity index (χ1v) is 15.5. The van der Waals surface area contributed by atoms with Gasteiger partial charge in [0.2, 0.25) is 0 Å². The van der Waals surface area contributed by atoms with Gasteiger partial charge in [-0.15, -0.1) is 0 Å². The summed E-state index contributed by atoms with van der Waals surface area (Å²) in [5.41, 5.74) is 0.836. The number of halogens is 2. The fourth-order valence-corrected chi connectivity index (χ4v) is 10.3. The number of ether oxygens (including phenoxy) is 1. The third-order valence-corrected chi connectivity index (χ3v) is 13.8. The van der Waals surface area contributed by atoms with Crippen LogP contribution in [-0.4, -0.2) is 6.16 Å². The summed E-state index contributed by atoms with van der Waals surface area (Å²) in [6.07, 6.45) is 4.70. The first-order chi connectivity index (χ1) is 18.1. The second-order valence-corrected chi connectivity index (χ2v) is 15.4. The molecule has 0 unspecified atom stereocenters. The van der Waals surface area contributed by atoms with Gasteiger partial charge in [0, 0.05) is 0 Å². The van der Waals surface area contributed by atoms with Crippen molar-refractivity contribution in [2.45, 2.75) is 0 Å². The Morgan fingerprint density at radius 2 is 1.08 bits per heavy atom. The van der Waals surface area contributed by atoms with E-state index in [1.54, 1.807) is 24.3 Å². The molecular formula is C33H27ClFOP. The van der Waals surface area contributed by atoms with E-state index < -0.39 is 11.8 Å². The van der Waals surface area contributed by atoms with Crippen molar-refractivity contribution in [3.8, 4) is 11.5 Å². The van der Waals surface area contributed by atoms with Crippen molar-refractivity contribution in [3.05, 3.63) is 157 Å². The van der Waals surface area contributed by atoms with Gasteiger partial charge < -0.3 is 0 Å². The van der Waals surface area contributed by atoms with Gasteiger partial charge in [0.25, 0.3) is 0 Å². The normalized spacial score (nSPS) is 12.6. The zero-order valence-electron chi connectivity index (χ0n) is 20.3. The van der Waals surface area contributed by atoms with Crippen LogP contribution in [0.2, 0.25) is 0 Å². The molecule has 5 aromatic carbocycles. The molecule has 0 aliphatic rings. The van der Waals surface area contributed by atoms with E-state index in [9.17, 15) is 4.39 Å². The number of allylic oxidation sites excluding steroid dienone is 1. The predicted molar refractivity (Wildman–Crippen MR) is 158 cm³/mol. The molecule has 1 nitrogen and oxygen atoms in total. The number of hydrogen-bond donors (Lipinski definition) is 0. The van der Waals surface area contributed by atoms with Gasteiger partial charge in [0.1, 0.15) is 0 Å². The maximum absolute atomic E-state index is 14.5. The molecule has 37 heavy (non-hydrogen) atoms. The molecule has 0 spiro atoms. The molecule has 0 atom stereocenters. The Bertz CT molecular complexity index is 1390. The molecular weight excluding hydrogens is 498 g/mol.